The lowest BCUT2D eigenvalue weighted by atomic mass is 10.0. The van der Waals surface area contributed by atoms with E-state index >= 15 is 0 Å². The zero-order valence-electron chi connectivity index (χ0n) is 14.9. The number of methoxy groups -OCH3 is 1. The first-order valence-electron chi connectivity index (χ1n) is 8.13. The Balaban J connectivity index is 2.22. The van der Waals surface area contributed by atoms with Crippen LogP contribution in [0.5, 0.6) is 5.75 Å². The number of nitrogens with one attached hydrogen (secondary N) is 1. The Kier molecular flexibility index (Phi) is 6.32. The Morgan fingerprint density at radius 1 is 1.12 bits per heavy atom. The van der Waals surface area contributed by atoms with Crippen LogP contribution in [0.25, 0.3) is 0 Å². The van der Waals surface area contributed by atoms with Crippen LogP contribution in [0.1, 0.15) is 48.3 Å². The number of hydrogen-bond donors (Lipinski definition) is 1. The molecule has 24 heavy (non-hydrogen) atoms. The Bertz CT molecular complexity index is 713. The van der Waals surface area contributed by atoms with Gasteiger partial charge in [0.25, 0.3) is 5.91 Å². The van der Waals surface area contributed by atoms with Crippen molar-refractivity contribution < 1.29 is 9.53 Å². The van der Waals surface area contributed by atoms with Crippen LogP contribution < -0.4 is 10.1 Å². The molecule has 1 unspecified atom stereocenters. The van der Waals surface area contributed by atoms with E-state index in [0.717, 1.165) is 27.3 Å². The minimum absolute atomic E-state index is 0.0604. The summed E-state index contributed by atoms with van der Waals surface area (Å²) >= 11 is 1.70. The first-order valence-corrected chi connectivity index (χ1v) is 9.01. The Hall–Kier alpha value is -1.94. The smallest absolute Gasteiger partial charge is 0.252 e. The average molecular weight is 343 g/mol. The number of rotatable bonds is 6. The molecule has 1 N–H and O–H groups in total. The summed E-state index contributed by atoms with van der Waals surface area (Å²) in [5.41, 5.74) is 2.84. The van der Waals surface area contributed by atoms with Crippen molar-refractivity contribution in [1.82, 2.24) is 5.32 Å². The van der Waals surface area contributed by atoms with Crippen molar-refractivity contribution in [2.24, 2.45) is 0 Å². The topological polar surface area (TPSA) is 38.3 Å². The highest BCUT2D eigenvalue weighted by Gasteiger charge is 2.18. The number of thioether (sulfide) groups is 1. The molecule has 4 heteroatoms. The summed E-state index contributed by atoms with van der Waals surface area (Å²) in [5, 5.41) is 3.52. The number of aryl methyl sites for hydroxylation is 1. The Morgan fingerprint density at radius 3 is 2.50 bits per heavy atom. The molecule has 2 rings (SSSR count). The predicted molar refractivity (Wildman–Crippen MR) is 101 cm³/mol. The van der Waals surface area contributed by atoms with Gasteiger partial charge in [-0.25, -0.2) is 0 Å². The second-order valence-corrected chi connectivity index (χ2v) is 7.72. The van der Waals surface area contributed by atoms with Crippen molar-refractivity contribution in [3.8, 4) is 5.75 Å². The van der Waals surface area contributed by atoms with Gasteiger partial charge in [-0.2, -0.15) is 0 Å². The van der Waals surface area contributed by atoms with Crippen molar-refractivity contribution in [2.75, 3.05) is 7.11 Å². The van der Waals surface area contributed by atoms with Gasteiger partial charge in [0.15, 0.2) is 0 Å². The highest BCUT2D eigenvalue weighted by molar-refractivity contribution is 8.00. The molecule has 0 aliphatic heterocycles. The molecule has 0 saturated carbocycles. The molecule has 2 aromatic rings. The molecule has 0 aliphatic carbocycles. The molecule has 0 saturated heterocycles. The molecular weight excluding hydrogens is 318 g/mol. The molecule has 0 spiro atoms. The van der Waals surface area contributed by atoms with Crippen molar-refractivity contribution in [2.45, 2.75) is 43.9 Å². The maximum atomic E-state index is 12.8. The number of carbonyl (C=O) groups excluding carboxylic acids is 1. The fraction of sp³-hybridized carbons (Fsp3) is 0.350. The first kappa shape index (κ1) is 18.4. The first-order chi connectivity index (χ1) is 11.4. The van der Waals surface area contributed by atoms with E-state index in [9.17, 15) is 4.79 Å². The third-order valence-corrected chi connectivity index (χ3v) is 4.78. The fourth-order valence-electron chi connectivity index (χ4n) is 2.56. The van der Waals surface area contributed by atoms with Gasteiger partial charge in [-0.1, -0.05) is 43.7 Å². The van der Waals surface area contributed by atoms with Gasteiger partial charge in [0.2, 0.25) is 0 Å². The fourth-order valence-corrected chi connectivity index (χ4v) is 3.51. The van der Waals surface area contributed by atoms with Gasteiger partial charge in [-0.05, 0) is 32.0 Å². The molecule has 2 aromatic carbocycles. The van der Waals surface area contributed by atoms with Crippen molar-refractivity contribution in [3.05, 3.63) is 59.2 Å². The monoisotopic (exact) mass is 343 g/mol. The lowest BCUT2D eigenvalue weighted by Crippen LogP contribution is -2.27. The van der Waals surface area contributed by atoms with Crippen molar-refractivity contribution >= 4 is 17.7 Å². The molecule has 0 heterocycles. The van der Waals surface area contributed by atoms with Crippen LogP contribution in [0.2, 0.25) is 0 Å². The van der Waals surface area contributed by atoms with Gasteiger partial charge in [0, 0.05) is 15.7 Å². The van der Waals surface area contributed by atoms with Gasteiger partial charge < -0.3 is 10.1 Å². The van der Waals surface area contributed by atoms with E-state index in [2.05, 4.69) is 25.2 Å². The van der Waals surface area contributed by atoms with Crippen molar-refractivity contribution in [3.63, 3.8) is 0 Å². The quantitative estimate of drug-likeness (QED) is 0.751. The summed E-state index contributed by atoms with van der Waals surface area (Å²) in [6, 6.07) is 13.6. The van der Waals surface area contributed by atoms with Gasteiger partial charge in [0.05, 0.1) is 18.7 Å². The largest absolute Gasteiger partial charge is 0.496 e. The van der Waals surface area contributed by atoms with E-state index < -0.39 is 0 Å². The molecule has 0 bridgehead atoms. The second-order valence-electron chi connectivity index (χ2n) is 6.10. The molecule has 0 aliphatic rings. The molecule has 1 amide bonds. The van der Waals surface area contributed by atoms with Crippen LogP contribution >= 0.6 is 11.8 Å². The molecule has 0 aromatic heterocycles. The number of carbonyl (C=O) groups is 1. The molecule has 128 valence electrons. The zero-order chi connectivity index (χ0) is 17.7. The van der Waals surface area contributed by atoms with E-state index in [0.29, 0.717) is 5.25 Å². The number of amides is 1. The van der Waals surface area contributed by atoms with Gasteiger partial charge in [-0.15, -0.1) is 11.8 Å². The minimum atomic E-state index is -0.135. The summed E-state index contributed by atoms with van der Waals surface area (Å²) in [4.78, 5) is 13.8. The highest BCUT2D eigenvalue weighted by atomic mass is 32.2. The lowest BCUT2D eigenvalue weighted by molar-refractivity contribution is 0.0936. The lowest BCUT2D eigenvalue weighted by Gasteiger charge is -2.19. The molecule has 0 radical (unpaired) electrons. The van der Waals surface area contributed by atoms with Gasteiger partial charge in [-0.3, -0.25) is 4.79 Å². The molecular formula is C20H25NO2S. The minimum Gasteiger partial charge on any atom is -0.496 e. The third-order valence-electron chi connectivity index (χ3n) is 3.69. The number of benzene rings is 2. The van der Waals surface area contributed by atoms with Crippen LogP contribution in [-0.4, -0.2) is 18.3 Å². The highest BCUT2D eigenvalue weighted by Crippen LogP contribution is 2.29. The van der Waals surface area contributed by atoms with Crippen LogP contribution in [0.3, 0.4) is 0 Å². The molecule has 0 fully saturated rings. The van der Waals surface area contributed by atoms with Crippen LogP contribution in [0.15, 0.2) is 47.4 Å². The summed E-state index contributed by atoms with van der Waals surface area (Å²) < 4.78 is 5.43. The number of ether oxygens (including phenoxy) is 1. The van der Waals surface area contributed by atoms with Gasteiger partial charge >= 0.3 is 0 Å². The van der Waals surface area contributed by atoms with Crippen LogP contribution in [0, 0.1) is 6.92 Å². The predicted octanol–water partition coefficient (Wildman–Crippen LogP) is 5.00. The summed E-state index contributed by atoms with van der Waals surface area (Å²) in [6.07, 6.45) is 0. The van der Waals surface area contributed by atoms with Gasteiger partial charge in [0.1, 0.15) is 5.75 Å². The maximum Gasteiger partial charge on any atom is 0.252 e. The van der Waals surface area contributed by atoms with E-state index in [-0.39, 0.29) is 11.9 Å². The van der Waals surface area contributed by atoms with Crippen LogP contribution in [-0.2, 0) is 0 Å². The Labute approximate surface area is 148 Å². The SMILES string of the molecule is COc1ccc(C)cc1C(C)NC(=O)c1ccccc1SC(C)C. The van der Waals surface area contributed by atoms with E-state index in [1.165, 1.54) is 0 Å². The van der Waals surface area contributed by atoms with Crippen molar-refractivity contribution in [1.29, 1.82) is 0 Å². The zero-order valence-corrected chi connectivity index (χ0v) is 15.7. The van der Waals surface area contributed by atoms with E-state index in [1.807, 2.05) is 50.2 Å². The molecule has 1 atom stereocenters. The normalized spacial score (nSPS) is 12.1. The van der Waals surface area contributed by atoms with E-state index in [1.54, 1.807) is 18.9 Å². The average Bonchev–Trinajstić information content (AvgIpc) is 2.54. The van der Waals surface area contributed by atoms with Crippen LogP contribution in [0.4, 0.5) is 0 Å². The van der Waals surface area contributed by atoms with E-state index in [4.69, 9.17) is 4.74 Å². The number of hydrogen-bond acceptors (Lipinski definition) is 3. The standard InChI is InChI=1S/C20H25NO2S/c1-13(2)24-19-9-7-6-8-16(19)20(22)21-15(4)17-12-14(3)10-11-18(17)23-5/h6-13,15H,1-5H3,(H,21,22). The Morgan fingerprint density at radius 2 is 1.83 bits per heavy atom. The maximum absolute atomic E-state index is 12.8. The summed E-state index contributed by atoms with van der Waals surface area (Å²) in [7, 11) is 1.65. The summed E-state index contributed by atoms with van der Waals surface area (Å²) in [5.74, 6) is 0.730. The third kappa shape index (κ3) is 4.54. The molecule has 3 nitrogen and oxygen atoms in total. The second kappa shape index (κ2) is 8.25. The summed E-state index contributed by atoms with van der Waals surface area (Å²) in [6.45, 7) is 8.26.